The van der Waals surface area contributed by atoms with Gasteiger partial charge < -0.3 is 13.9 Å². The standard InChI is InChI=1S/C70H46N2O/c1-2-15-59(16-3-1)72-67-19-8-6-17-63(67)65-45-57(33-41-68(65)72)51-29-37-61(38-30-51)71(62-39-31-52(32-40-62)58-34-42-70-66(46-58)64-18-7-9-20-69(64)73-70)60-35-27-49(28-36-60)48-21-23-50(24-22-48)54-13-10-14-55(43-54)56-26-25-47-11-4-5-12-53(47)44-56/h1-46H. The van der Waals surface area contributed by atoms with Gasteiger partial charge in [-0.1, -0.05) is 182 Å². The number of hydrogen-bond acceptors (Lipinski definition) is 2. The van der Waals surface area contributed by atoms with Gasteiger partial charge >= 0.3 is 0 Å². The summed E-state index contributed by atoms with van der Waals surface area (Å²) in [5.41, 5.74) is 20.4. The van der Waals surface area contributed by atoms with Gasteiger partial charge in [0.1, 0.15) is 11.2 Å². The Morgan fingerprint density at radius 3 is 1.36 bits per heavy atom. The third-order valence-corrected chi connectivity index (χ3v) is 14.6. The Hall–Kier alpha value is -9.70. The van der Waals surface area contributed by atoms with Crippen LogP contribution in [0.2, 0.25) is 0 Å². The molecule has 342 valence electrons. The van der Waals surface area contributed by atoms with Crippen molar-refractivity contribution in [1.29, 1.82) is 0 Å². The molecule has 0 aliphatic heterocycles. The Morgan fingerprint density at radius 2 is 0.685 bits per heavy atom. The first-order valence-corrected chi connectivity index (χ1v) is 25.0. The molecule has 0 atom stereocenters. The third kappa shape index (κ3) is 7.63. The van der Waals surface area contributed by atoms with Gasteiger partial charge in [0.25, 0.3) is 0 Å². The summed E-state index contributed by atoms with van der Waals surface area (Å²) in [5, 5.41) is 7.25. The predicted octanol–water partition coefficient (Wildman–Crippen LogP) is 19.6. The third-order valence-electron chi connectivity index (χ3n) is 14.6. The Labute approximate surface area is 423 Å². The second-order valence-electron chi connectivity index (χ2n) is 18.9. The molecule has 2 heterocycles. The molecule has 0 N–H and O–H groups in total. The molecule has 73 heavy (non-hydrogen) atoms. The van der Waals surface area contributed by atoms with Gasteiger partial charge in [-0.05, 0) is 163 Å². The number of nitrogens with zero attached hydrogens (tertiary/aromatic N) is 2. The van der Waals surface area contributed by atoms with Crippen molar-refractivity contribution >= 4 is 71.6 Å². The number of furan rings is 1. The number of benzene rings is 12. The molecule has 3 nitrogen and oxygen atoms in total. The number of para-hydroxylation sites is 3. The number of hydrogen-bond donors (Lipinski definition) is 0. The van der Waals surface area contributed by atoms with Crippen LogP contribution < -0.4 is 4.90 Å². The van der Waals surface area contributed by atoms with Crippen LogP contribution in [0, 0.1) is 0 Å². The second kappa shape index (κ2) is 17.6. The fourth-order valence-electron chi connectivity index (χ4n) is 10.9. The van der Waals surface area contributed by atoms with Crippen molar-refractivity contribution in [2.24, 2.45) is 0 Å². The highest BCUT2D eigenvalue weighted by Crippen LogP contribution is 2.41. The van der Waals surface area contributed by atoms with Crippen molar-refractivity contribution in [1.82, 2.24) is 4.57 Å². The van der Waals surface area contributed by atoms with E-state index in [9.17, 15) is 0 Å². The van der Waals surface area contributed by atoms with Crippen LogP contribution in [0.4, 0.5) is 17.1 Å². The highest BCUT2D eigenvalue weighted by atomic mass is 16.3. The zero-order valence-electron chi connectivity index (χ0n) is 39.9. The summed E-state index contributed by atoms with van der Waals surface area (Å²) in [7, 11) is 0. The maximum Gasteiger partial charge on any atom is 0.135 e. The Morgan fingerprint density at radius 1 is 0.247 bits per heavy atom. The Balaban J connectivity index is 0.791. The van der Waals surface area contributed by atoms with Crippen molar-refractivity contribution in [2.75, 3.05) is 4.90 Å². The molecule has 0 amide bonds. The van der Waals surface area contributed by atoms with Crippen molar-refractivity contribution in [3.05, 3.63) is 279 Å². The lowest BCUT2D eigenvalue weighted by molar-refractivity contribution is 0.669. The van der Waals surface area contributed by atoms with E-state index in [0.29, 0.717) is 0 Å². The van der Waals surface area contributed by atoms with Crippen LogP contribution in [-0.2, 0) is 0 Å². The van der Waals surface area contributed by atoms with E-state index < -0.39 is 0 Å². The van der Waals surface area contributed by atoms with Gasteiger partial charge in [-0.2, -0.15) is 0 Å². The second-order valence-corrected chi connectivity index (χ2v) is 18.9. The van der Waals surface area contributed by atoms with Gasteiger partial charge in [0.05, 0.1) is 11.0 Å². The lowest BCUT2D eigenvalue weighted by Gasteiger charge is -2.26. The monoisotopic (exact) mass is 930 g/mol. The Bertz CT molecular complexity index is 4340. The number of fused-ring (bicyclic) bond motifs is 7. The van der Waals surface area contributed by atoms with E-state index >= 15 is 0 Å². The molecule has 0 saturated heterocycles. The SMILES string of the molecule is c1ccc(-n2c3ccccc3c3cc(-c4ccc(N(c5ccc(-c6ccc(-c7cccc(-c8ccc9ccccc9c8)c7)cc6)cc5)c5ccc(-c6ccc7oc8ccccc8c7c6)cc5)cc4)ccc32)cc1. The van der Waals surface area contributed by atoms with E-state index in [0.717, 1.165) is 61.4 Å². The first-order chi connectivity index (χ1) is 36.1. The molecule has 12 aromatic carbocycles. The fourth-order valence-corrected chi connectivity index (χ4v) is 10.9. The molecular weight excluding hydrogens is 885 g/mol. The van der Waals surface area contributed by atoms with Crippen LogP contribution in [0.1, 0.15) is 0 Å². The lowest BCUT2D eigenvalue weighted by Crippen LogP contribution is -2.09. The van der Waals surface area contributed by atoms with Gasteiger partial charge in [0, 0.05) is 44.3 Å². The van der Waals surface area contributed by atoms with Gasteiger partial charge in [-0.3, -0.25) is 0 Å². The van der Waals surface area contributed by atoms with E-state index in [4.69, 9.17) is 4.42 Å². The molecule has 0 aliphatic carbocycles. The number of rotatable bonds is 9. The molecule has 0 aliphatic rings. The average Bonchev–Trinajstić information content (AvgIpc) is 4.01. The summed E-state index contributed by atoms with van der Waals surface area (Å²) in [4.78, 5) is 2.35. The quantitative estimate of drug-likeness (QED) is 0.144. The predicted molar refractivity (Wildman–Crippen MR) is 307 cm³/mol. The van der Waals surface area contributed by atoms with Crippen molar-refractivity contribution in [2.45, 2.75) is 0 Å². The normalized spacial score (nSPS) is 11.6. The zero-order chi connectivity index (χ0) is 48.2. The summed E-state index contributed by atoms with van der Waals surface area (Å²) < 4.78 is 8.53. The first-order valence-electron chi connectivity index (χ1n) is 25.0. The molecule has 0 bridgehead atoms. The topological polar surface area (TPSA) is 21.3 Å². The van der Waals surface area contributed by atoms with E-state index in [1.54, 1.807) is 0 Å². The van der Waals surface area contributed by atoms with E-state index in [1.807, 2.05) is 12.1 Å². The van der Waals surface area contributed by atoms with Gasteiger partial charge in [-0.25, -0.2) is 0 Å². The van der Waals surface area contributed by atoms with Crippen LogP contribution in [0.15, 0.2) is 283 Å². The molecule has 0 saturated carbocycles. The molecule has 3 heteroatoms. The van der Waals surface area contributed by atoms with Crippen LogP contribution in [0.3, 0.4) is 0 Å². The van der Waals surface area contributed by atoms with E-state index in [1.165, 1.54) is 71.5 Å². The summed E-state index contributed by atoms with van der Waals surface area (Å²) >= 11 is 0. The number of anilines is 3. The minimum Gasteiger partial charge on any atom is -0.456 e. The van der Waals surface area contributed by atoms with Crippen LogP contribution in [0.25, 0.3) is 116 Å². The largest absolute Gasteiger partial charge is 0.456 e. The molecule has 14 aromatic rings. The minimum absolute atomic E-state index is 0.900. The fraction of sp³-hybridized carbons (Fsp3) is 0. The maximum absolute atomic E-state index is 6.16. The van der Waals surface area contributed by atoms with E-state index in [-0.39, 0.29) is 0 Å². The average molecular weight is 931 g/mol. The number of aromatic nitrogens is 1. The zero-order valence-corrected chi connectivity index (χ0v) is 39.9. The lowest BCUT2D eigenvalue weighted by atomic mass is 9.96. The van der Waals surface area contributed by atoms with Gasteiger partial charge in [-0.15, -0.1) is 0 Å². The van der Waals surface area contributed by atoms with E-state index in [2.05, 4.69) is 276 Å². The Kier molecular flexibility index (Phi) is 10.2. The van der Waals surface area contributed by atoms with Crippen molar-refractivity contribution in [3.63, 3.8) is 0 Å². The van der Waals surface area contributed by atoms with Crippen molar-refractivity contribution in [3.8, 4) is 61.3 Å². The van der Waals surface area contributed by atoms with Crippen LogP contribution >= 0.6 is 0 Å². The highest BCUT2D eigenvalue weighted by molar-refractivity contribution is 6.11. The summed E-state index contributed by atoms with van der Waals surface area (Å²) in [6.45, 7) is 0. The van der Waals surface area contributed by atoms with Gasteiger partial charge in [0.15, 0.2) is 0 Å². The molecule has 0 unspecified atom stereocenters. The summed E-state index contributed by atoms with van der Waals surface area (Å²) in [6, 6.07) is 101. The van der Waals surface area contributed by atoms with Crippen molar-refractivity contribution < 1.29 is 4.42 Å². The molecule has 0 radical (unpaired) electrons. The highest BCUT2D eigenvalue weighted by Gasteiger charge is 2.17. The molecular formula is C70H46N2O. The molecule has 14 rings (SSSR count). The first kappa shape index (κ1) is 42.2. The summed E-state index contributed by atoms with van der Waals surface area (Å²) in [5.74, 6) is 0. The molecule has 2 aromatic heterocycles. The minimum atomic E-state index is 0.900. The summed E-state index contributed by atoms with van der Waals surface area (Å²) in [6.07, 6.45) is 0. The van der Waals surface area contributed by atoms with Gasteiger partial charge in [0.2, 0.25) is 0 Å². The maximum atomic E-state index is 6.16. The molecule has 0 spiro atoms. The molecule has 0 fully saturated rings. The van der Waals surface area contributed by atoms with Crippen LogP contribution in [-0.4, -0.2) is 4.57 Å². The van der Waals surface area contributed by atoms with Crippen LogP contribution in [0.5, 0.6) is 0 Å². The smallest absolute Gasteiger partial charge is 0.135 e.